The Bertz CT molecular complexity index is 473. The second kappa shape index (κ2) is 5.61. The lowest BCUT2D eigenvalue weighted by molar-refractivity contribution is -0.126. The maximum absolute atomic E-state index is 12.4. The van der Waals surface area contributed by atoms with E-state index in [-0.39, 0.29) is 5.91 Å². The smallest absolute Gasteiger partial charge is 0.244 e. The van der Waals surface area contributed by atoms with Crippen LogP contribution in [0.3, 0.4) is 0 Å². The first-order chi connectivity index (χ1) is 9.11. The first kappa shape index (κ1) is 13.9. The van der Waals surface area contributed by atoms with Crippen LogP contribution in [-0.4, -0.2) is 26.1 Å². The summed E-state index contributed by atoms with van der Waals surface area (Å²) in [4.78, 5) is 12.4. The predicted molar refractivity (Wildman–Crippen MR) is 75.4 cm³/mol. The third-order valence-electron chi connectivity index (χ3n) is 3.78. The largest absolute Gasteiger partial charge is 0.496 e. The van der Waals surface area contributed by atoms with Crippen molar-refractivity contribution in [2.45, 2.75) is 32.2 Å². The number of methoxy groups -OCH3 is 1. The Labute approximate surface area is 114 Å². The van der Waals surface area contributed by atoms with Gasteiger partial charge in [0.05, 0.1) is 7.11 Å². The normalized spacial score (nSPS) is 23.6. The summed E-state index contributed by atoms with van der Waals surface area (Å²) < 4.78 is 5.43. The zero-order valence-corrected chi connectivity index (χ0v) is 11.9. The molecule has 1 amide bonds. The Kier molecular flexibility index (Phi) is 4.10. The number of nitrogens with one attached hydrogen (secondary N) is 2. The summed E-state index contributed by atoms with van der Waals surface area (Å²) in [6, 6.07) is 6.05. The fourth-order valence-electron chi connectivity index (χ4n) is 2.47. The number of hydrogen-bond acceptors (Lipinski definition) is 3. The number of carbonyl (C=O) groups is 1. The van der Waals surface area contributed by atoms with Gasteiger partial charge in [0.1, 0.15) is 11.3 Å². The second-order valence-electron chi connectivity index (χ2n) is 5.05. The van der Waals surface area contributed by atoms with Gasteiger partial charge in [-0.25, -0.2) is 0 Å². The molecule has 0 aromatic heterocycles. The molecule has 1 atom stereocenters. The zero-order valence-electron chi connectivity index (χ0n) is 11.9. The molecule has 4 nitrogen and oxygen atoms in total. The minimum absolute atomic E-state index is 0.0107. The van der Waals surface area contributed by atoms with Crippen molar-refractivity contribution in [2.24, 2.45) is 0 Å². The monoisotopic (exact) mass is 262 g/mol. The van der Waals surface area contributed by atoms with Crippen LogP contribution < -0.4 is 15.4 Å². The van der Waals surface area contributed by atoms with Crippen molar-refractivity contribution in [3.8, 4) is 5.75 Å². The summed E-state index contributed by atoms with van der Waals surface area (Å²) in [5.74, 6) is 0.765. The van der Waals surface area contributed by atoms with Crippen molar-refractivity contribution < 1.29 is 9.53 Å². The SMILES string of the molecule is CCc1ccc(OC)c(C2(C)NCCCNC2=O)c1. The number of rotatable bonds is 3. The summed E-state index contributed by atoms with van der Waals surface area (Å²) in [5, 5.41) is 6.32. The van der Waals surface area contributed by atoms with E-state index in [9.17, 15) is 4.79 Å². The van der Waals surface area contributed by atoms with E-state index in [2.05, 4.69) is 23.6 Å². The maximum Gasteiger partial charge on any atom is 0.244 e. The zero-order chi connectivity index (χ0) is 13.9. The van der Waals surface area contributed by atoms with Gasteiger partial charge in [-0.3, -0.25) is 10.1 Å². The van der Waals surface area contributed by atoms with Crippen molar-refractivity contribution in [1.82, 2.24) is 10.6 Å². The molecular weight excluding hydrogens is 240 g/mol. The average molecular weight is 262 g/mol. The van der Waals surface area contributed by atoms with Crippen molar-refractivity contribution in [2.75, 3.05) is 20.2 Å². The highest BCUT2D eigenvalue weighted by molar-refractivity contribution is 5.88. The molecule has 1 heterocycles. The van der Waals surface area contributed by atoms with Crippen LogP contribution in [0, 0.1) is 0 Å². The molecule has 2 rings (SSSR count). The Morgan fingerprint density at radius 2 is 2.16 bits per heavy atom. The summed E-state index contributed by atoms with van der Waals surface area (Å²) in [5.41, 5.74) is 1.39. The third kappa shape index (κ3) is 2.59. The molecule has 2 N–H and O–H groups in total. The number of carbonyl (C=O) groups excluding carboxylic acids is 1. The number of amides is 1. The first-order valence-electron chi connectivity index (χ1n) is 6.82. The minimum atomic E-state index is -0.729. The van der Waals surface area contributed by atoms with Gasteiger partial charge in [0, 0.05) is 12.1 Å². The number of hydrogen-bond donors (Lipinski definition) is 2. The van der Waals surface area contributed by atoms with E-state index in [1.165, 1.54) is 5.56 Å². The lowest BCUT2D eigenvalue weighted by Gasteiger charge is -2.29. The Hall–Kier alpha value is -1.55. The maximum atomic E-state index is 12.4. The van der Waals surface area contributed by atoms with Gasteiger partial charge in [0.2, 0.25) is 5.91 Å². The molecule has 0 bridgehead atoms. The van der Waals surface area contributed by atoms with Crippen LogP contribution in [0.25, 0.3) is 0 Å². The summed E-state index contributed by atoms with van der Waals surface area (Å²) in [6.45, 7) is 5.56. The van der Waals surface area contributed by atoms with Crippen LogP contribution in [0.4, 0.5) is 0 Å². The highest BCUT2D eigenvalue weighted by Crippen LogP contribution is 2.32. The van der Waals surface area contributed by atoms with Crippen LogP contribution in [0.5, 0.6) is 5.75 Å². The van der Waals surface area contributed by atoms with Crippen LogP contribution in [-0.2, 0) is 16.8 Å². The van der Waals surface area contributed by atoms with Crippen LogP contribution in [0.2, 0.25) is 0 Å². The fraction of sp³-hybridized carbons (Fsp3) is 0.533. The molecule has 1 unspecified atom stereocenters. The lowest BCUT2D eigenvalue weighted by Crippen LogP contribution is -2.50. The molecule has 0 radical (unpaired) electrons. The second-order valence-corrected chi connectivity index (χ2v) is 5.05. The van der Waals surface area contributed by atoms with E-state index in [4.69, 9.17) is 4.74 Å². The minimum Gasteiger partial charge on any atom is -0.496 e. The van der Waals surface area contributed by atoms with Crippen LogP contribution in [0.15, 0.2) is 18.2 Å². The molecule has 104 valence electrons. The Balaban J connectivity index is 2.50. The molecular formula is C15H22N2O2. The van der Waals surface area contributed by atoms with Crippen molar-refractivity contribution in [3.63, 3.8) is 0 Å². The van der Waals surface area contributed by atoms with Crippen molar-refractivity contribution in [3.05, 3.63) is 29.3 Å². The highest BCUT2D eigenvalue weighted by Gasteiger charge is 2.38. The van der Waals surface area contributed by atoms with Gasteiger partial charge in [-0.2, -0.15) is 0 Å². The van der Waals surface area contributed by atoms with Gasteiger partial charge in [0.25, 0.3) is 0 Å². The molecule has 0 spiro atoms. The summed E-state index contributed by atoms with van der Waals surface area (Å²) >= 11 is 0. The molecule has 1 aromatic rings. The Morgan fingerprint density at radius 3 is 2.84 bits per heavy atom. The van der Waals surface area contributed by atoms with E-state index in [1.807, 2.05) is 19.1 Å². The molecule has 0 saturated carbocycles. The number of aryl methyl sites for hydroxylation is 1. The quantitative estimate of drug-likeness (QED) is 0.869. The standard InChI is InChI=1S/C15H22N2O2/c1-4-11-6-7-13(19-3)12(10-11)15(2)14(18)16-8-5-9-17-15/h6-7,10,17H,4-5,8-9H2,1-3H3,(H,16,18). The molecule has 0 aliphatic carbocycles. The van der Waals surface area contributed by atoms with E-state index < -0.39 is 5.54 Å². The predicted octanol–water partition coefficient (Wildman–Crippen LogP) is 1.58. The van der Waals surface area contributed by atoms with Crippen molar-refractivity contribution in [1.29, 1.82) is 0 Å². The highest BCUT2D eigenvalue weighted by atomic mass is 16.5. The van der Waals surface area contributed by atoms with Crippen molar-refractivity contribution >= 4 is 5.91 Å². The van der Waals surface area contributed by atoms with Gasteiger partial charge >= 0.3 is 0 Å². The molecule has 4 heteroatoms. The summed E-state index contributed by atoms with van der Waals surface area (Å²) in [7, 11) is 1.64. The molecule has 1 aliphatic heterocycles. The van der Waals surface area contributed by atoms with Gasteiger partial charge in [-0.05, 0) is 44.0 Å². The van der Waals surface area contributed by atoms with E-state index >= 15 is 0 Å². The average Bonchev–Trinajstić information content (AvgIpc) is 2.61. The number of benzene rings is 1. The third-order valence-corrected chi connectivity index (χ3v) is 3.78. The van der Waals surface area contributed by atoms with Gasteiger partial charge in [-0.15, -0.1) is 0 Å². The lowest BCUT2D eigenvalue weighted by atomic mass is 9.88. The van der Waals surface area contributed by atoms with E-state index in [0.717, 1.165) is 37.2 Å². The fourth-order valence-corrected chi connectivity index (χ4v) is 2.47. The topological polar surface area (TPSA) is 50.4 Å². The number of ether oxygens (including phenoxy) is 1. The van der Waals surface area contributed by atoms with E-state index in [0.29, 0.717) is 0 Å². The van der Waals surface area contributed by atoms with Gasteiger partial charge in [0.15, 0.2) is 0 Å². The first-order valence-corrected chi connectivity index (χ1v) is 6.82. The summed E-state index contributed by atoms with van der Waals surface area (Å²) in [6.07, 6.45) is 1.88. The molecule has 1 fully saturated rings. The van der Waals surface area contributed by atoms with Crippen LogP contribution >= 0.6 is 0 Å². The van der Waals surface area contributed by atoms with Crippen LogP contribution in [0.1, 0.15) is 31.4 Å². The van der Waals surface area contributed by atoms with Gasteiger partial charge < -0.3 is 10.1 Å². The molecule has 1 aliphatic rings. The Morgan fingerprint density at radius 1 is 1.37 bits per heavy atom. The van der Waals surface area contributed by atoms with Gasteiger partial charge in [-0.1, -0.05) is 13.0 Å². The molecule has 19 heavy (non-hydrogen) atoms. The molecule has 1 aromatic carbocycles. The van der Waals surface area contributed by atoms with E-state index in [1.54, 1.807) is 7.11 Å². The molecule has 1 saturated heterocycles.